The zero-order valence-corrected chi connectivity index (χ0v) is 13.0. The Labute approximate surface area is 140 Å². The number of rotatable bonds is 4. The zero-order valence-electron chi connectivity index (χ0n) is 13.0. The number of hydrogen-bond acceptors (Lipinski definition) is 4. The molecular weight excluding hydrogens is 335 g/mol. The van der Waals surface area contributed by atoms with Gasteiger partial charge in [0.1, 0.15) is 0 Å². The quantitative estimate of drug-likeness (QED) is 0.735. The summed E-state index contributed by atoms with van der Waals surface area (Å²) in [5.74, 6) is -5.11. The molecule has 0 aliphatic carbocycles. The predicted molar refractivity (Wildman–Crippen MR) is 82.0 cm³/mol. The number of halogens is 3. The van der Waals surface area contributed by atoms with Gasteiger partial charge in [-0.05, 0) is 25.1 Å². The van der Waals surface area contributed by atoms with Gasteiger partial charge in [-0.3, -0.25) is 4.79 Å². The fourth-order valence-corrected chi connectivity index (χ4v) is 2.18. The molecule has 25 heavy (non-hydrogen) atoms. The first kappa shape index (κ1) is 16.7. The first-order valence-electron chi connectivity index (χ1n) is 7.27. The fraction of sp³-hybridized carbons (Fsp3) is 0.118. The Bertz CT molecular complexity index is 941. The number of carbonyl (C=O) groups is 1. The van der Waals surface area contributed by atoms with Gasteiger partial charge in [0.25, 0.3) is 5.91 Å². The molecule has 3 aromatic rings. The zero-order chi connectivity index (χ0) is 18.0. The summed E-state index contributed by atoms with van der Waals surface area (Å²) in [4.78, 5) is 16.0. The van der Waals surface area contributed by atoms with Crippen LogP contribution in [0.1, 0.15) is 21.8 Å². The molecule has 1 aromatic heterocycles. The van der Waals surface area contributed by atoms with E-state index in [0.717, 1.165) is 17.2 Å². The minimum atomic E-state index is -1.70. The Balaban J connectivity index is 1.70. The average Bonchev–Trinajstić information content (AvgIpc) is 3.07. The first-order valence-corrected chi connectivity index (χ1v) is 7.27. The van der Waals surface area contributed by atoms with Crippen LogP contribution in [-0.4, -0.2) is 16.0 Å². The van der Waals surface area contributed by atoms with E-state index in [9.17, 15) is 18.0 Å². The molecule has 1 amide bonds. The lowest BCUT2D eigenvalue weighted by Gasteiger charge is -2.04. The number of benzene rings is 2. The Kier molecular flexibility index (Phi) is 4.51. The summed E-state index contributed by atoms with van der Waals surface area (Å²) in [6.07, 6.45) is 0. The van der Waals surface area contributed by atoms with Crippen LogP contribution in [0.3, 0.4) is 0 Å². The Morgan fingerprint density at radius 3 is 2.72 bits per heavy atom. The molecule has 0 fully saturated rings. The highest BCUT2D eigenvalue weighted by Crippen LogP contribution is 2.17. The van der Waals surface area contributed by atoms with Crippen molar-refractivity contribution in [1.82, 2.24) is 15.5 Å². The second-order valence-electron chi connectivity index (χ2n) is 5.29. The van der Waals surface area contributed by atoms with Gasteiger partial charge < -0.3 is 9.84 Å². The van der Waals surface area contributed by atoms with Crippen LogP contribution < -0.4 is 5.32 Å². The maximum absolute atomic E-state index is 13.6. The summed E-state index contributed by atoms with van der Waals surface area (Å²) >= 11 is 0. The minimum Gasteiger partial charge on any atom is -0.343 e. The maximum Gasteiger partial charge on any atom is 0.254 e. The van der Waals surface area contributed by atoms with Crippen molar-refractivity contribution in [2.75, 3.05) is 0 Å². The van der Waals surface area contributed by atoms with Gasteiger partial charge in [-0.15, -0.1) is 0 Å². The molecule has 8 heteroatoms. The van der Waals surface area contributed by atoms with Crippen molar-refractivity contribution in [1.29, 1.82) is 0 Å². The van der Waals surface area contributed by atoms with Gasteiger partial charge in [-0.2, -0.15) is 4.98 Å². The van der Waals surface area contributed by atoms with Crippen molar-refractivity contribution >= 4 is 5.91 Å². The Hall–Kier alpha value is -3.16. The largest absolute Gasteiger partial charge is 0.343 e. The van der Waals surface area contributed by atoms with Gasteiger partial charge in [-0.25, -0.2) is 13.2 Å². The molecule has 0 bridgehead atoms. The van der Waals surface area contributed by atoms with E-state index in [1.54, 1.807) is 6.07 Å². The van der Waals surface area contributed by atoms with E-state index in [-0.39, 0.29) is 12.4 Å². The SMILES string of the molecule is Cc1cccc(-c2noc(CNC(=O)c3ccc(F)c(F)c3F)n2)c1. The fourth-order valence-electron chi connectivity index (χ4n) is 2.18. The van der Waals surface area contributed by atoms with Crippen LogP contribution in [0, 0.1) is 24.4 Å². The summed E-state index contributed by atoms with van der Waals surface area (Å²) < 4.78 is 44.6. The third kappa shape index (κ3) is 3.52. The number of aromatic nitrogens is 2. The molecule has 2 aromatic carbocycles. The first-order chi connectivity index (χ1) is 12.0. The van der Waals surface area contributed by atoms with Crippen molar-refractivity contribution in [2.45, 2.75) is 13.5 Å². The number of hydrogen-bond donors (Lipinski definition) is 1. The molecule has 0 aliphatic heterocycles. The number of carbonyl (C=O) groups excluding carboxylic acids is 1. The molecule has 0 atom stereocenters. The van der Waals surface area contributed by atoms with Crippen LogP contribution >= 0.6 is 0 Å². The molecule has 0 spiro atoms. The van der Waals surface area contributed by atoms with Crippen LogP contribution in [0.25, 0.3) is 11.4 Å². The Morgan fingerprint density at radius 1 is 1.16 bits per heavy atom. The number of nitrogens with zero attached hydrogens (tertiary/aromatic N) is 2. The lowest BCUT2D eigenvalue weighted by Crippen LogP contribution is -2.24. The van der Waals surface area contributed by atoms with Crippen molar-refractivity contribution in [3.63, 3.8) is 0 Å². The van der Waals surface area contributed by atoms with E-state index in [1.165, 1.54) is 0 Å². The molecule has 0 unspecified atom stereocenters. The van der Waals surface area contributed by atoms with E-state index in [1.807, 2.05) is 25.1 Å². The highest BCUT2D eigenvalue weighted by Gasteiger charge is 2.19. The standard InChI is InChI=1S/C17H12F3N3O2/c1-9-3-2-4-10(7-9)16-22-13(25-23-16)8-21-17(24)11-5-6-12(18)15(20)14(11)19/h2-7H,8H2,1H3,(H,21,24). The lowest BCUT2D eigenvalue weighted by atomic mass is 10.1. The third-order valence-electron chi connectivity index (χ3n) is 3.42. The minimum absolute atomic E-state index is 0.0906. The van der Waals surface area contributed by atoms with Crippen LogP contribution in [0.2, 0.25) is 0 Å². The van der Waals surface area contributed by atoms with Crippen molar-refractivity contribution in [3.8, 4) is 11.4 Å². The van der Waals surface area contributed by atoms with E-state index in [2.05, 4.69) is 15.5 Å². The predicted octanol–water partition coefficient (Wildman–Crippen LogP) is 3.39. The second kappa shape index (κ2) is 6.76. The summed E-state index contributed by atoms with van der Waals surface area (Å²) in [6, 6.07) is 8.96. The summed E-state index contributed by atoms with van der Waals surface area (Å²) in [7, 11) is 0. The number of aryl methyl sites for hydroxylation is 1. The van der Waals surface area contributed by atoms with E-state index in [0.29, 0.717) is 11.9 Å². The van der Waals surface area contributed by atoms with E-state index >= 15 is 0 Å². The summed E-state index contributed by atoms with van der Waals surface area (Å²) in [5.41, 5.74) is 1.15. The van der Waals surface area contributed by atoms with E-state index < -0.39 is 28.9 Å². The third-order valence-corrected chi connectivity index (χ3v) is 3.42. The topological polar surface area (TPSA) is 68.0 Å². The molecule has 5 nitrogen and oxygen atoms in total. The smallest absolute Gasteiger partial charge is 0.254 e. The maximum atomic E-state index is 13.6. The van der Waals surface area contributed by atoms with Crippen LogP contribution in [-0.2, 0) is 6.54 Å². The van der Waals surface area contributed by atoms with Crippen LogP contribution in [0.5, 0.6) is 0 Å². The molecule has 3 rings (SSSR count). The molecular formula is C17H12F3N3O2. The highest BCUT2D eigenvalue weighted by molar-refractivity contribution is 5.94. The van der Waals surface area contributed by atoms with Gasteiger partial charge in [0, 0.05) is 5.56 Å². The molecule has 0 radical (unpaired) electrons. The van der Waals surface area contributed by atoms with Gasteiger partial charge >= 0.3 is 0 Å². The molecule has 128 valence electrons. The summed E-state index contributed by atoms with van der Waals surface area (Å²) in [6.45, 7) is 1.73. The normalized spacial score (nSPS) is 10.7. The second-order valence-corrected chi connectivity index (χ2v) is 5.29. The van der Waals surface area contributed by atoms with E-state index in [4.69, 9.17) is 4.52 Å². The van der Waals surface area contributed by atoms with Gasteiger partial charge in [0.2, 0.25) is 11.7 Å². The van der Waals surface area contributed by atoms with Crippen LogP contribution in [0.4, 0.5) is 13.2 Å². The van der Waals surface area contributed by atoms with Crippen molar-refractivity contribution in [2.24, 2.45) is 0 Å². The van der Waals surface area contributed by atoms with Gasteiger partial charge in [0.15, 0.2) is 17.5 Å². The molecule has 0 saturated heterocycles. The Morgan fingerprint density at radius 2 is 1.96 bits per heavy atom. The van der Waals surface area contributed by atoms with Gasteiger partial charge in [0.05, 0.1) is 12.1 Å². The van der Waals surface area contributed by atoms with Crippen molar-refractivity contribution < 1.29 is 22.5 Å². The summed E-state index contributed by atoms with van der Waals surface area (Å²) in [5, 5.41) is 6.12. The lowest BCUT2D eigenvalue weighted by molar-refractivity contribution is 0.0941. The number of nitrogens with one attached hydrogen (secondary N) is 1. The monoisotopic (exact) mass is 347 g/mol. The molecule has 0 aliphatic rings. The molecule has 1 heterocycles. The molecule has 0 saturated carbocycles. The average molecular weight is 347 g/mol. The van der Waals surface area contributed by atoms with Gasteiger partial charge in [-0.1, -0.05) is 28.9 Å². The van der Waals surface area contributed by atoms with Crippen LogP contribution in [0.15, 0.2) is 40.9 Å². The number of amides is 1. The molecule has 1 N–H and O–H groups in total. The highest BCUT2D eigenvalue weighted by atomic mass is 19.2. The van der Waals surface area contributed by atoms with Crippen molar-refractivity contribution in [3.05, 3.63) is 70.9 Å².